The van der Waals surface area contributed by atoms with Crippen molar-refractivity contribution in [2.45, 2.75) is 38.4 Å². The van der Waals surface area contributed by atoms with Gasteiger partial charge in [-0.1, -0.05) is 13.3 Å². The summed E-state index contributed by atoms with van der Waals surface area (Å²) in [6.07, 6.45) is -0.138. The first-order chi connectivity index (χ1) is 8.52. The fraction of sp³-hybridized carbons (Fsp3) is 0.615. The number of pyridine rings is 1. The highest BCUT2D eigenvalue weighted by atomic mass is 19.4. The SMILES string of the molecule is CCC1CCCNC1c1ccc(C(F)(F)F)cn1. The van der Waals surface area contributed by atoms with Gasteiger partial charge in [0.25, 0.3) is 0 Å². The molecular formula is C13H17F3N2. The highest BCUT2D eigenvalue weighted by Gasteiger charge is 2.32. The molecule has 18 heavy (non-hydrogen) atoms. The number of hydrogen-bond acceptors (Lipinski definition) is 2. The molecule has 0 radical (unpaired) electrons. The zero-order valence-corrected chi connectivity index (χ0v) is 10.3. The first-order valence-corrected chi connectivity index (χ1v) is 6.29. The average Bonchev–Trinajstić information content (AvgIpc) is 2.38. The van der Waals surface area contributed by atoms with E-state index in [2.05, 4.69) is 17.2 Å². The number of hydrogen-bond donors (Lipinski definition) is 1. The lowest BCUT2D eigenvalue weighted by Crippen LogP contribution is -2.34. The third-order valence-corrected chi connectivity index (χ3v) is 3.54. The van der Waals surface area contributed by atoms with Crippen molar-refractivity contribution in [3.8, 4) is 0 Å². The van der Waals surface area contributed by atoms with Gasteiger partial charge < -0.3 is 5.32 Å². The summed E-state index contributed by atoms with van der Waals surface area (Å²) in [7, 11) is 0. The molecule has 1 aromatic heterocycles. The van der Waals surface area contributed by atoms with Gasteiger partial charge in [-0.2, -0.15) is 13.2 Å². The van der Waals surface area contributed by atoms with Crippen molar-refractivity contribution in [3.63, 3.8) is 0 Å². The van der Waals surface area contributed by atoms with Gasteiger partial charge in [0.05, 0.1) is 17.3 Å². The molecule has 1 fully saturated rings. The van der Waals surface area contributed by atoms with E-state index >= 15 is 0 Å². The molecule has 1 N–H and O–H groups in total. The third kappa shape index (κ3) is 2.83. The smallest absolute Gasteiger partial charge is 0.308 e. The summed E-state index contributed by atoms with van der Waals surface area (Å²) < 4.78 is 37.3. The predicted octanol–water partition coefficient (Wildman–Crippen LogP) is 3.55. The molecule has 0 bridgehead atoms. The molecule has 1 aliphatic heterocycles. The average molecular weight is 258 g/mol. The Hall–Kier alpha value is -1.10. The zero-order chi connectivity index (χ0) is 13.2. The van der Waals surface area contributed by atoms with Crippen LogP contribution in [0.1, 0.15) is 43.5 Å². The second kappa shape index (κ2) is 5.26. The van der Waals surface area contributed by atoms with Crippen LogP contribution in [-0.2, 0) is 6.18 Å². The monoisotopic (exact) mass is 258 g/mol. The van der Waals surface area contributed by atoms with Gasteiger partial charge in [-0.05, 0) is 37.4 Å². The number of nitrogens with zero attached hydrogens (tertiary/aromatic N) is 1. The normalized spacial score (nSPS) is 25.1. The van der Waals surface area contributed by atoms with E-state index in [-0.39, 0.29) is 6.04 Å². The molecule has 2 heterocycles. The number of rotatable bonds is 2. The molecule has 1 saturated heterocycles. The summed E-state index contributed by atoms with van der Waals surface area (Å²) in [5.41, 5.74) is 0.0321. The van der Waals surface area contributed by atoms with E-state index in [0.717, 1.165) is 43.8 Å². The van der Waals surface area contributed by atoms with Gasteiger partial charge in [-0.15, -0.1) is 0 Å². The third-order valence-electron chi connectivity index (χ3n) is 3.54. The quantitative estimate of drug-likeness (QED) is 0.877. The summed E-state index contributed by atoms with van der Waals surface area (Å²) in [5, 5.41) is 3.35. The maximum absolute atomic E-state index is 12.4. The van der Waals surface area contributed by atoms with E-state index in [1.54, 1.807) is 0 Å². The Balaban J connectivity index is 2.18. The highest BCUT2D eigenvalue weighted by Crippen LogP contribution is 2.33. The maximum atomic E-state index is 12.4. The number of alkyl halides is 3. The molecule has 100 valence electrons. The molecule has 0 aromatic carbocycles. The molecule has 0 aliphatic carbocycles. The molecule has 0 spiro atoms. The van der Waals surface area contributed by atoms with Crippen molar-refractivity contribution in [1.82, 2.24) is 10.3 Å². The van der Waals surface area contributed by atoms with Crippen molar-refractivity contribution in [2.24, 2.45) is 5.92 Å². The van der Waals surface area contributed by atoms with Crippen LogP contribution >= 0.6 is 0 Å². The van der Waals surface area contributed by atoms with Crippen LogP contribution in [0.4, 0.5) is 13.2 Å². The first kappa shape index (κ1) is 13.3. The van der Waals surface area contributed by atoms with Gasteiger partial charge >= 0.3 is 6.18 Å². The van der Waals surface area contributed by atoms with Crippen molar-refractivity contribution in [1.29, 1.82) is 0 Å². The minimum atomic E-state index is -4.31. The lowest BCUT2D eigenvalue weighted by molar-refractivity contribution is -0.137. The Morgan fingerprint density at radius 3 is 2.72 bits per heavy atom. The van der Waals surface area contributed by atoms with Crippen LogP contribution in [0, 0.1) is 5.92 Å². The van der Waals surface area contributed by atoms with Crippen LogP contribution in [-0.4, -0.2) is 11.5 Å². The Bertz CT molecular complexity index is 386. The van der Waals surface area contributed by atoms with Gasteiger partial charge in [0.2, 0.25) is 0 Å². The van der Waals surface area contributed by atoms with Crippen LogP contribution in [0.15, 0.2) is 18.3 Å². The Morgan fingerprint density at radius 1 is 1.39 bits per heavy atom. The van der Waals surface area contributed by atoms with Crippen molar-refractivity contribution in [3.05, 3.63) is 29.6 Å². The lowest BCUT2D eigenvalue weighted by Gasteiger charge is -2.31. The molecule has 2 rings (SSSR count). The Morgan fingerprint density at radius 2 is 2.17 bits per heavy atom. The summed E-state index contributed by atoms with van der Waals surface area (Å²) in [5.74, 6) is 0.461. The van der Waals surface area contributed by atoms with Crippen molar-refractivity contribution < 1.29 is 13.2 Å². The summed E-state index contributed by atoms with van der Waals surface area (Å²) in [4.78, 5) is 3.98. The van der Waals surface area contributed by atoms with E-state index < -0.39 is 11.7 Å². The van der Waals surface area contributed by atoms with E-state index in [0.29, 0.717) is 5.92 Å². The maximum Gasteiger partial charge on any atom is 0.417 e. The van der Waals surface area contributed by atoms with Gasteiger partial charge in [0, 0.05) is 6.20 Å². The van der Waals surface area contributed by atoms with E-state index in [1.807, 2.05) is 0 Å². The molecule has 2 unspecified atom stereocenters. The van der Waals surface area contributed by atoms with Crippen LogP contribution in [0.25, 0.3) is 0 Å². The second-order valence-electron chi connectivity index (χ2n) is 4.71. The van der Waals surface area contributed by atoms with Gasteiger partial charge in [-0.3, -0.25) is 4.98 Å². The highest BCUT2D eigenvalue weighted by molar-refractivity contribution is 5.19. The summed E-state index contributed by atoms with van der Waals surface area (Å²) >= 11 is 0. The fourth-order valence-corrected chi connectivity index (χ4v) is 2.50. The predicted molar refractivity (Wildman–Crippen MR) is 63.0 cm³/mol. The summed E-state index contributed by atoms with van der Waals surface area (Å²) in [6, 6.07) is 2.70. The van der Waals surface area contributed by atoms with Gasteiger partial charge in [0.1, 0.15) is 0 Å². The number of nitrogens with one attached hydrogen (secondary N) is 1. The number of aromatic nitrogens is 1. The fourth-order valence-electron chi connectivity index (χ4n) is 2.50. The second-order valence-corrected chi connectivity index (χ2v) is 4.71. The van der Waals surface area contributed by atoms with Crippen molar-refractivity contribution in [2.75, 3.05) is 6.54 Å². The molecule has 0 amide bonds. The standard InChI is InChI=1S/C13H17F3N2/c1-2-9-4-3-7-17-12(9)11-6-5-10(8-18-11)13(14,15)16/h5-6,8-9,12,17H,2-4,7H2,1H3. The van der Waals surface area contributed by atoms with Crippen LogP contribution < -0.4 is 5.32 Å². The van der Waals surface area contributed by atoms with E-state index in [4.69, 9.17) is 0 Å². The van der Waals surface area contributed by atoms with E-state index in [1.165, 1.54) is 6.07 Å². The molecule has 5 heteroatoms. The number of halogens is 3. The Kier molecular flexibility index (Phi) is 3.90. The molecule has 1 aromatic rings. The van der Waals surface area contributed by atoms with Gasteiger partial charge in [-0.25, -0.2) is 0 Å². The zero-order valence-electron chi connectivity index (χ0n) is 10.3. The molecular weight excluding hydrogens is 241 g/mol. The largest absolute Gasteiger partial charge is 0.417 e. The van der Waals surface area contributed by atoms with Crippen LogP contribution in [0.2, 0.25) is 0 Å². The molecule has 1 aliphatic rings. The van der Waals surface area contributed by atoms with Crippen molar-refractivity contribution >= 4 is 0 Å². The number of piperidine rings is 1. The molecule has 0 saturated carbocycles. The first-order valence-electron chi connectivity index (χ1n) is 6.29. The van der Waals surface area contributed by atoms with Crippen LogP contribution in [0.3, 0.4) is 0 Å². The van der Waals surface area contributed by atoms with Gasteiger partial charge in [0.15, 0.2) is 0 Å². The minimum Gasteiger partial charge on any atom is -0.308 e. The molecule has 2 nitrogen and oxygen atoms in total. The topological polar surface area (TPSA) is 24.9 Å². The Labute approximate surface area is 105 Å². The van der Waals surface area contributed by atoms with E-state index in [9.17, 15) is 13.2 Å². The summed E-state index contributed by atoms with van der Waals surface area (Å²) in [6.45, 7) is 3.01. The molecule has 2 atom stereocenters. The van der Waals surface area contributed by atoms with Crippen LogP contribution in [0.5, 0.6) is 0 Å². The lowest BCUT2D eigenvalue weighted by atomic mass is 9.86. The minimum absolute atomic E-state index is 0.0889.